The third kappa shape index (κ3) is 6.02. The molecule has 31 heavy (non-hydrogen) atoms. The van der Waals surface area contributed by atoms with Crippen LogP contribution in [0.5, 0.6) is 0 Å². The van der Waals surface area contributed by atoms with Crippen molar-refractivity contribution < 1.29 is 18.8 Å². The number of piperidine rings is 1. The minimum absolute atomic E-state index is 0.137. The molecule has 160 valence electrons. The van der Waals surface area contributed by atoms with Crippen molar-refractivity contribution in [1.82, 2.24) is 10.2 Å². The Hall–Kier alpha value is -3.93. The van der Waals surface area contributed by atoms with Gasteiger partial charge in [-0.1, -0.05) is 12.1 Å². The Kier molecular flexibility index (Phi) is 7.17. The van der Waals surface area contributed by atoms with Crippen molar-refractivity contribution in [2.45, 2.75) is 12.8 Å². The molecule has 1 aliphatic heterocycles. The van der Waals surface area contributed by atoms with Gasteiger partial charge in [-0.05, 0) is 55.2 Å². The van der Waals surface area contributed by atoms with Gasteiger partial charge in [-0.2, -0.15) is 5.26 Å². The number of rotatable bonds is 4. The van der Waals surface area contributed by atoms with Crippen LogP contribution in [-0.4, -0.2) is 42.4 Å². The van der Waals surface area contributed by atoms with Crippen LogP contribution < -0.4 is 16.0 Å². The molecule has 0 aliphatic carbocycles. The maximum Gasteiger partial charge on any atom is 0.321 e. The SMILES string of the molecule is N#Cc1ccccc1NC(=O)C(=O)NCC1CCN(C(=O)Nc2ccc(F)cc2)CC1. The van der Waals surface area contributed by atoms with Gasteiger partial charge in [0.15, 0.2) is 0 Å². The molecule has 1 aliphatic rings. The van der Waals surface area contributed by atoms with Gasteiger partial charge in [0.05, 0.1) is 11.3 Å². The fraction of sp³-hybridized carbons (Fsp3) is 0.273. The number of nitrogens with zero attached hydrogens (tertiary/aromatic N) is 2. The quantitative estimate of drug-likeness (QED) is 0.656. The Balaban J connectivity index is 1.41. The lowest BCUT2D eigenvalue weighted by Gasteiger charge is -2.32. The highest BCUT2D eigenvalue weighted by Gasteiger charge is 2.24. The molecular weight excluding hydrogens is 401 g/mol. The number of para-hydroxylation sites is 1. The summed E-state index contributed by atoms with van der Waals surface area (Å²) in [7, 11) is 0. The third-order valence-electron chi connectivity index (χ3n) is 5.05. The Labute approximate surface area is 179 Å². The highest BCUT2D eigenvalue weighted by atomic mass is 19.1. The van der Waals surface area contributed by atoms with Crippen LogP contribution in [0, 0.1) is 23.1 Å². The molecule has 1 saturated heterocycles. The first-order valence-corrected chi connectivity index (χ1v) is 9.86. The van der Waals surface area contributed by atoms with Crippen LogP contribution in [0.15, 0.2) is 48.5 Å². The van der Waals surface area contributed by atoms with Gasteiger partial charge in [0.25, 0.3) is 0 Å². The van der Waals surface area contributed by atoms with Gasteiger partial charge < -0.3 is 20.9 Å². The number of carbonyl (C=O) groups is 3. The minimum atomic E-state index is -0.834. The lowest BCUT2D eigenvalue weighted by Crippen LogP contribution is -2.44. The van der Waals surface area contributed by atoms with E-state index in [1.807, 2.05) is 6.07 Å². The molecule has 9 heteroatoms. The maximum atomic E-state index is 13.0. The van der Waals surface area contributed by atoms with Gasteiger partial charge in [-0.15, -0.1) is 0 Å². The van der Waals surface area contributed by atoms with E-state index < -0.39 is 11.8 Å². The molecule has 0 aromatic heterocycles. The van der Waals surface area contributed by atoms with Crippen molar-refractivity contribution in [3.63, 3.8) is 0 Å². The van der Waals surface area contributed by atoms with Crippen molar-refractivity contribution in [3.8, 4) is 6.07 Å². The number of nitriles is 1. The van der Waals surface area contributed by atoms with Crippen molar-refractivity contribution in [1.29, 1.82) is 5.26 Å². The zero-order chi connectivity index (χ0) is 22.2. The highest BCUT2D eigenvalue weighted by molar-refractivity contribution is 6.39. The van der Waals surface area contributed by atoms with Gasteiger partial charge in [0, 0.05) is 25.3 Å². The van der Waals surface area contributed by atoms with Crippen molar-refractivity contribution >= 4 is 29.2 Å². The van der Waals surface area contributed by atoms with Crippen LogP contribution in [0.2, 0.25) is 0 Å². The first-order chi connectivity index (χ1) is 15.0. The summed E-state index contributed by atoms with van der Waals surface area (Å²) in [6.45, 7) is 1.34. The Morgan fingerprint density at radius 3 is 2.35 bits per heavy atom. The van der Waals surface area contributed by atoms with Crippen molar-refractivity contribution in [2.75, 3.05) is 30.3 Å². The predicted molar refractivity (Wildman–Crippen MR) is 113 cm³/mol. The fourth-order valence-corrected chi connectivity index (χ4v) is 3.26. The number of anilines is 2. The minimum Gasteiger partial charge on any atom is -0.348 e. The molecule has 8 nitrogen and oxygen atoms in total. The summed E-state index contributed by atoms with van der Waals surface area (Å²) >= 11 is 0. The average molecular weight is 423 g/mol. The van der Waals surface area contributed by atoms with Crippen LogP contribution in [0.1, 0.15) is 18.4 Å². The zero-order valence-corrected chi connectivity index (χ0v) is 16.7. The molecule has 0 bridgehead atoms. The normalized spacial score (nSPS) is 13.7. The monoisotopic (exact) mass is 423 g/mol. The molecule has 2 aromatic carbocycles. The molecule has 1 heterocycles. The van der Waals surface area contributed by atoms with Crippen molar-refractivity contribution in [3.05, 3.63) is 59.9 Å². The number of nitrogens with one attached hydrogen (secondary N) is 3. The summed E-state index contributed by atoms with van der Waals surface area (Å²) in [5, 5.41) is 16.8. The molecule has 0 spiro atoms. The largest absolute Gasteiger partial charge is 0.348 e. The number of benzene rings is 2. The van der Waals surface area contributed by atoms with E-state index in [9.17, 15) is 18.8 Å². The number of carbonyl (C=O) groups excluding carboxylic acids is 3. The van der Waals surface area contributed by atoms with Gasteiger partial charge in [-0.3, -0.25) is 9.59 Å². The third-order valence-corrected chi connectivity index (χ3v) is 5.05. The average Bonchev–Trinajstić information content (AvgIpc) is 2.79. The van der Waals surface area contributed by atoms with E-state index in [1.165, 1.54) is 24.3 Å². The number of amides is 4. The molecule has 0 unspecified atom stereocenters. The standard InChI is InChI=1S/C22H22FN5O3/c23-17-5-7-18(8-6-17)26-22(31)28-11-9-15(10-12-28)14-25-20(29)21(30)27-19-4-2-1-3-16(19)13-24/h1-8,15H,9-12,14H2,(H,25,29)(H,26,31)(H,27,30). The molecule has 3 rings (SSSR count). The second-order valence-corrected chi connectivity index (χ2v) is 7.19. The fourth-order valence-electron chi connectivity index (χ4n) is 3.26. The topological polar surface area (TPSA) is 114 Å². The molecule has 0 saturated carbocycles. The summed E-state index contributed by atoms with van der Waals surface area (Å²) in [5.41, 5.74) is 1.07. The molecular formula is C22H22FN5O3. The van der Waals surface area contributed by atoms with Gasteiger partial charge in [0.1, 0.15) is 11.9 Å². The van der Waals surface area contributed by atoms with Gasteiger partial charge in [0.2, 0.25) is 0 Å². The molecule has 1 fully saturated rings. The molecule has 0 atom stereocenters. The summed E-state index contributed by atoms with van der Waals surface area (Å²) < 4.78 is 13.0. The number of hydrogen-bond donors (Lipinski definition) is 3. The predicted octanol–water partition coefficient (Wildman–Crippen LogP) is 2.70. The lowest BCUT2D eigenvalue weighted by atomic mass is 9.97. The lowest BCUT2D eigenvalue weighted by molar-refractivity contribution is -0.136. The van der Waals surface area contributed by atoms with E-state index in [-0.39, 0.29) is 29.0 Å². The second kappa shape index (κ2) is 10.2. The Morgan fingerprint density at radius 2 is 1.68 bits per heavy atom. The van der Waals surface area contributed by atoms with Crippen LogP contribution in [0.25, 0.3) is 0 Å². The number of urea groups is 1. The molecule has 4 amide bonds. The zero-order valence-electron chi connectivity index (χ0n) is 16.7. The number of likely N-dealkylation sites (tertiary alicyclic amines) is 1. The van der Waals surface area contributed by atoms with Crippen LogP contribution in [0.3, 0.4) is 0 Å². The summed E-state index contributed by atoms with van der Waals surface area (Å²) in [5.74, 6) is -1.84. The Morgan fingerprint density at radius 1 is 1.00 bits per heavy atom. The number of hydrogen-bond acceptors (Lipinski definition) is 4. The van der Waals surface area contributed by atoms with E-state index >= 15 is 0 Å². The van der Waals surface area contributed by atoms with E-state index in [0.717, 1.165) is 0 Å². The Bertz CT molecular complexity index is 995. The van der Waals surface area contributed by atoms with Crippen LogP contribution in [0.4, 0.5) is 20.6 Å². The molecule has 0 radical (unpaired) electrons. The van der Waals surface area contributed by atoms with E-state index in [2.05, 4.69) is 16.0 Å². The van der Waals surface area contributed by atoms with Gasteiger partial charge in [-0.25, -0.2) is 9.18 Å². The summed E-state index contributed by atoms with van der Waals surface area (Å²) in [6.07, 6.45) is 1.35. The van der Waals surface area contributed by atoms with E-state index in [0.29, 0.717) is 38.2 Å². The smallest absolute Gasteiger partial charge is 0.321 e. The first-order valence-electron chi connectivity index (χ1n) is 9.86. The van der Waals surface area contributed by atoms with E-state index in [4.69, 9.17) is 5.26 Å². The van der Waals surface area contributed by atoms with Crippen LogP contribution >= 0.6 is 0 Å². The van der Waals surface area contributed by atoms with Gasteiger partial charge >= 0.3 is 17.8 Å². The molecule has 3 N–H and O–H groups in total. The maximum absolute atomic E-state index is 13.0. The molecule has 2 aromatic rings. The number of halogens is 1. The first kappa shape index (κ1) is 21.8. The summed E-state index contributed by atoms with van der Waals surface area (Å²) in [4.78, 5) is 38.1. The van der Waals surface area contributed by atoms with Crippen molar-refractivity contribution in [2.24, 2.45) is 5.92 Å². The highest BCUT2D eigenvalue weighted by Crippen LogP contribution is 2.18. The second-order valence-electron chi connectivity index (χ2n) is 7.19. The summed E-state index contributed by atoms with van der Waals surface area (Å²) in [6, 6.07) is 13.7. The van der Waals surface area contributed by atoms with E-state index in [1.54, 1.807) is 29.2 Å². The van der Waals surface area contributed by atoms with Crippen LogP contribution in [-0.2, 0) is 9.59 Å².